The minimum atomic E-state index is -0.0337. The zero-order valence-electron chi connectivity index (χ0n) is 10.1. The van der Waals surface area contributed by atoms with E-state index in [0.717, 1.165) is 11.1 Å². The zero-order valence-corrected chi connectivity index (χ0v) is 10.1. The predicted molar refractivity (Wildman–Crippen MR) is 71.6 cm³/mol. The van der Waals surface area contributed by atoms with Gasteiger partial charge >= 0.3 is 0 Å². The number of benzene rings is 2. The lowest BCUT2D eigenvalue weighted by Gasteiger charge is -2.12. The Balaban J connectivity index is 1.98. The number of phenols is 2. The summed E-state index contributed by atoms with van der Waals surface area (Å²) in [6.07, 6.45) is 1.40. The summed E-state index contributed by atoms with van der Waals surface area (Å²) >= 11 is 0. The highest BCUT2D eigenvalue weighted by Crippen LogP contribution is 2.15. The van der Waals surface area contributed by atoms with E-state index >= 15 is 0 Å². The highest BCUT2D eigenvalue weighted by Gasteiger charge is 2.06. The number of hydrogen-bond donors (Lipinski definition) is 3. The van der Waals surface area contributed by atoms with Gasteiger partial charge in [-0.15, -0.1) is 0 Å². The smallest absolute Gasteiger partial charge is 0.115 e. The Morgan fingerprint density at radius 3 is 1.67 bits per heavy atom. The minimum absolute atomic E-state index is 0.0337. The quantitative estimate of drug-likeness (QED) is 0.771. The SMILES string of the molecule is NC(Cc1cccc(O)c1)Cc1cccc(O)c1. The minimum Gasteiger partial charge on any atom is -0.508 e. The summed E-state index contributed by atoms with van der Waals surface area (Å²) in [5, 5.41) is 18.8. The van der Waals surface area contributed by atoms with E-state index in [1.54, 1.807) is 24.3 Å². The molecule has 3 nitrogen and oxygen atoms in total. The molecule has 0 saturated carbocycles. The summed E-state index contributed by atoms with van der Waals surface area (Å²) in [6, 6.07) is 14.2. The molecule has 0 fully saturated rings. The van der Waals surface area contributed by atoms with E-state index in [1.807, 2.05) is 24.3 Å². The summed E-state index contributed by atoms with van der Waals surface area (Å²) in [4.78, 5) is 0. The Bertz CT molecular complexity index is 478. The van der Waals surface area contributed by atoms with Gasteiger partial charge in [-0.3, -0.25) is 0 Å². The first-order chi connectivity index (χ1) is 8.63. The molecule has 0 saturated heterocycles. The number of aromatic hydroxyl groups is 2. The molecule has 0 bridgehead atoms. The monoisotopic (exact) mass is 243 g/mol. The fourth-order valence-electron chi connectivity index (χ4n) is 2.04. The van der Waals surface area contributed by atoms with Crippen molar-refractivity contribution in [2.45, 2.75) is 18.9 Å². The lowest BCUT2D eigenvalue weighted by atomic mass is 9.99. The van der Waals surface area contributed by atoms with Crippen molar-refractivity contribution in [3.63, 3.8) is 0 Å². The third-order valence-corrected chi connectivity index (χ3v) is 2.82. The highest BCUT2D eigenvalue weighted by molar-refractivity contribution is 5.30. The first-order valence-corrected chi connectivity index (χ1v) is 5.95. The van der Waals surface area contributed by atoms with E-state index in [4.69, 9.17) is 5.73 Å². The van der Waals surface area contributed by atoms with Crippen LogP contribution in [0.2, 0.25) is 0 Å². The van der Waals surface area contributed by atoms with Gasteiger partial charge in [-0.05, 0) is 48.2 Å². The van der Waals surface area contributed by atoms with Crippen molar-refractivity contribution in [2.24, 2.45) is 5.73 Å². The summed E-state index contributed by atoms with van der Waals surface area (Å²) < 4.78 is 0. The van der Waals surface area contributed by atoms with Gasteiger partial charge in [0.05, 0.1) is 0 Å². The fourth-order valence-corrected chi connectivity index (χ4v) is 2.04. The fraction of sp³-hybridized carbons (Fsp3) is 0.200. The molecule has 0 aromatic heterocycles. The maximum atomic E-state index is 9.38. The topological polar surface area (TPSA) is 66.5 Å². The molecule has 2 rings (SSSR count). The van der Waals surface area contributed by atoms with Gasteiger partial charge in [-0.25, -0.2) is 0 Å². The Labute approximate surface area is 107 Å². The van der Waals surface area contributed by atoms with Gasteiger partial charge < -0.3 is 15.9 Å². The summed E-state index contributed by atoms with van der Waals surface area (Å²) in [6.45, 7) is 0. The van der Waals surface area contributed by atoms with Crippen LogP contribution in [0.4, 0.5) is 0 Å². The Morgan fingerprint density at radius 2 is 1.28 bits per heavy atom. The molecular formula is C15H17NO2. The lowest BCUT2D eigenvalue weighted by Crippen LogP contribution is -2.25. The van der Waals surface area contributed by atoms with Crippen LogP contribution in [0.5, 0.6) is 11.5 Å². The maximum Gasteiger partial charge on any atom is 0.115 e. The van der Waals surface area contributed by atoms with Gasteiger partial charge in [0.25, 0.3) is 0 Å². The van der Waals surface area contributed by atoms with E-state index in [2.05, 4.69) is 0 Å². The molecule has 3 heteroatoms. The van der Waals surface area contributed by atoms with Crippen molar-refractivity contribution in [3.05, 3.63) is 59.7 Å². The van der Waals surface area contributed by atoms with Crippen LogP contribution in [0.1, 0.15) is 11.1 Å². The Hall–Kier alpha value is -2.00. The third kappa shape index (κ3) is 3.50. The van der Waals surface area contributed by atoms with Crippen LogP contribution in [-0.2, 0) is 12.8 Å². The van der Waals surface area contributed by atoms with Crippen molar-refractivity contribution in [1.82, 2.24) is 0 Å². The van der Waals surface area contributed by atoms with Crippen LogP contribution in [0.3, 0.4) is 0 Å². The van der Waals surface area contributed by atoms with Crippen LogP contribution in [-0.4, -0.2) is 16.3 Å². The molecule has 0 atom stereocenters. The maximum absolute atomic E-state index is 9.38. The summed E-state index contributed by atoms with van der Waals surface area (Å²) in [5.74, 6) is 0.522. The van der Waals surface area contributed by atoms with Crippen molar-refractivity contribution < 1.29 is 10.2 Å². The number of rotatable bonds is 4. The number of phenolic OH excluding ortho intramolecular Hbond substituents is 2. The Kier molecular flexibility index (Phi) is 3.85. The van der Waals surface area contributed by atoms with E-state index in [-0.39, 0.29) is 17.5 Å². The van der Waals surface area contributed by atoms with Gasteiger partial charge in [-0.1, -0.05) is 24.3 Å². The van der Waals surface area contributed by atoms with E-state index < -0.39 is 0 Å². The average Bonchev–Trinajstić information content (AvgIpc) is 2.28. The molecule has 4 N–H and O–H groups in total. The molecule has 0 spiro atoms. The van der Waals surface area contributed by atoms with E-state index in [1.165, 1.54) is 0 Å². The molecule has 0 unspecified atom stereocenters. The first kappa shape index (κ1) is 12.5. The standard InChI is InChI=1S/C15H17NO2/c16-13(7-11-3-1-5-14(17)9-11)8-12-4-2-6-15(18)10-12/h1-6,9-10,13,17-18H,7-8,16H2. The normalized spacial score (nSPS) is 10.8. The summed E-state index contributed by atoms with van der Waals surface area (Å²) in [5.41, 5.74) is 8.11. The Morgan fingerprint density at radius 1 is 0.833 bits per heavy atom. The molecule has 0 aliphatic rings. The van der Waals surface area contributed by atoms with Gasteiger partial charge in [-0.2, -0.15) is 0 Å². The predicted octanol–water partition coefficient (Wildman–Crippen LogP) is 2.21. The molecule has 94 valence electrons. The molecule has 18 heavy (non-hydrogen) atoms. The highest BCUT2D eigenvalue weighted by atomic mass is 16.3. The molecular weight excluding hydrogens is 226 g/mol. The molecule has 0 amide bonds. The molecule has 0 aliphatic carbocycles. The van der Waals surface area contributed by atoms with E-state index in [9.17, 15) is 10.2 Å². The second-order valence-corrected chi connectivity index (χ2v) is 4.51. The molecule has 0 heterocycles. The molecule has 2 aromatic carbocycles. The van der Waals surface area contributed by atoms with Crippen LogP contribution >= 0.6 is 0 Å². The average molecular weight is 243 g/mol. The van der Waals surface area contributed by atoms with Crippen LogP contribution in [0, 0.1) is 0 Å². The molecule has 2 aromatic rings. The van der Waals surface area contributed by atoms with E-state index in [0.29, 0.717) is 12.8 Å². The van der Waals surface area contributed by atoms with Crippen molar-refractivity contribution >= 4 is 0 Å². The van der Waals surface area contributed by atoms with Crippen LogP contribution < -0.4 is 5.73 Å². The van der Waals surface area contributed by atoms with Crippen molar-refractivity contribution in [3.8, 4) is 11.5 Å². The molecule has 0 aliphatic heterocycles. The zero-order chi connectivity index (χ0) is 13.0. The van der Waals surface area contributed by atoms with Crippen LogP contribution in [0.25, 0.3) is 0 Å². The van der Waals surface area contributed by atoms with Crippen molar-refractivity contribution in [2.75, 3.05) is 0 Å². The summed E-state index contributed by atoms with van der Waals surface area (Å²) in [7, 11) is 0. The third-order valence-electron chi connectivity index (χ3n) is 2.82. The number of hydrogen-bond acceptors (Lipinski definition) is 3. The van der Waals surface area contributed by atoms with Crippen LogP contribution in [0.15, 0.2) is 48.5 Å². The van der Waals surface area contributed by atoms with Gasteiger partial charge in [0.15, 0.2) is 0 Å². The second kappa shape index (κ2) is 5.56. The van der Waals surface area contributed by atoms with Gasteiger partial charge in [0.1, 0.15) is 11.5 Å². The largest absolute Gasteiger partial charge is 0.508 e. The lowest BCUT2D eigenvalue weighted by molar-refractivity contribution is 0.474. The second-order valence-electron chi connectivity index (χ2n) is 4.51. The first-order valence-electron chi connectivity index (χ1n) is 5.95. The van der Waals surface area contributed by atoms with Crippen molar-refractivity contribution in [1.29, 1.82) is 0 Å². The van der Waals surface area contributed by atoms with Gasteiger partial charge in [0.2, 0.25) is 0 Å². The van der Waals surface area contributed by atoms with Gasteiger partial charge in [0, 0.05) is 6.04 Å². The number of nitrogens with two attached hydrogens (primary N) is 1. The molecule has 0 radical (unpaired) electrons.